The van der Waals surface area contributed by atoms with Gasteiger partial charge < -0.3 is 0 Å². The fourth-order valence-electron chi connectivity index (χ4n) is 4.12. The highest BCUT2D eigenvalue weighted by Crippen LogP contribution is 2.46. The molecule has 2 aliphatic rings. The molecule has 2 unspecified atom stereocenters. The van der Waals surface area contributed by atoms with Crippen LogP contribution in [-0.2, 0) is 22.0 Å². The molecular weight excluding hydrogens is 455 g/mol. The molecule has 170 valence electrons. The number of nitriles is 1. The number of Topliss-reactive ketones (excluding diaryl/α,β-unsaturated/α-hetero) is 1. The summed E-state index contributed by atoms with van der Waals surface area (Å²) in [6.07, 6.45) is -4.35. The lowest BCUT2D eigenvalue weighted by molar-refractivity contribution is -0.137. The molecule has 0 fully saturated rings. The minimum absolute atomic E-state index is 0.0478. The molecule has 0 spiro atoms. The number of benzene rings is 2. The van der Waals surface area contributed by atoms with Crippen molar-refractivity contribution >= 4 is 28.5 Å². The van der Waals surface area contributed by atoms with Crippen LogP contribution in [0.5, 0.6) is 0 Å². The predicted molar refractivity (Wildman–Crippen MR) is 115 cm³/mol. The molecule has 2 amide bonds. The van der Waals surface area contributed by atoms with Crippen molar-refractivity contribution in [3.8, 4) is 6.07 Å². The van der Waals surface area contributed by atoms with E-state index < -0.39 is 34.8 Å². The topological polar surface area (TPSA) is 81.5 Å². The van der Waals surface area contributed by atoms with Crippen LogP contribution in [0.4, 0.5) is 23.7 Å². The number of urea groups is 1. The van der Waals surface area contributed by atoms with Gasteiger partial charge >= 0.3 is 12.2 Å². The molecule has 2 aromatic rings. The van der Waals surface area contributed by atoms with Crippen molar-refractivity contribution in [3.05, 3.63) is 76.5 Å². The van der Waals surface area contributed by atoms with Gasteiger partial charge in [0.15, 0.2) is 5.78 Å². The molecule has 4 rings (SSSR count). The van der Waals surface area contributed by atoms with E-state index in [9.17, 15) is 27.0 Å². The second-order valence-corrected chi connectivity index (χ2v) is 9.14. The molecule has 0 bridgehead atoms. The monoisotopic (exact) mass is 473 g/mol. The molecule has 0 N–H and O–H groups in total. The third-order valence-electron chi connectivity index (χ3n) is 5.61. The van der Waals surface area contributed by atoms with Crippen LogP contribution >= 0.6 is 0 Å². The number of nitrogens with zero attached hydrogens (tertiary/aromatic N) is 3. The maximum Gasteiger partial charge on any atom is 0.416 e. The summed E-state index contributed by atoms with van der Waals surface area (Å²) in [6.45, 7) is 1.61. The molecule has 1 aliphatic carbocycles. The Kier molecular flexibility index (Phi) is 5.84. The summed E-state index contributed by atoms with van der Waals surface area (Å²) >= 11 is 0. The lowest BCUT2D eigenvalue weighted by atomic mass is 9.94. The van der Waals surface area contributed by atoms with Crippen molar-refractivity contribution in [2.45, 2.75) is 32.0 Å². The largest absolute Gasteiger partial charge is 0.416 e. The average Bonchev–Trinajstić information content (AvgIpc) is 3.18. The van der Waals surface area contributed by atoms with Crippen LogP contribution in [0.3, 0.4) is 0 Å². The quantitative estimate of drug-likeness (QED) is 0.635. The molecule has 2 atom stereocenters. The van der Waals surface area contributed by atoms with E-state index in [0.717, 1.165) is 21.3 Å². The van der Waals surface area contributed by atoms with Crippen molar-refractivity contribution in [1.29, 1.82) is 5.26 Å². The van der Waals surface area contributed by atoms with Crippen LogP contribution in [0.2, 0.25) is 0 Å². The number of carbonyl (C=O) groups excluding carboxylic acids is 2. The van der Waals surface area contributed by atoms with Crippen LogP contribution < -0.4 is 4.90 Å². The van der Waals surface area contributed by atoms with E-state index in [0.29, 0.717) is 16.8 Å². The summed E-state index contributed by atoms with van der Waals surface area (Å²) in [5.74, 6) is -0.201. The molecular formula is C23H18F3N3O3S. The average molecular weight is 473 g/mol. The van der Waals surface area contributed by atoms with E-state index in [1.165, 1.54) is 24.3 Å². The number of alkyl halides is 3. The van der Waals surface area contributed by atoms with E-state index in [1.807, 2.05) is 6.07 Å². The first-order chi connectivity index (χ1) is 15.7. The third kappa shape index (κ3) is 3.93. The Balaban J connectivity index is 1.93. The summed E-state index contributed by atoms with van der Waals surface area (Å²) in [4.78, 5) is 27.6. The molecule has 2 aromatic carbocycles. The Bertz CT molecular complexity index is 1230. The van der Waals surface area contributed by atoms with E-state index in [2.05, 4.69) is 0 Å². The van der Waals surface area contributed by atoms with Gasteiger partial charge in [-0.3, -0.25) is 9.69 Å². The maximum absolute atomic E-state index is 13.6. The van der Waals surface area contributed by atoms with Gasteiger partial charge in [-0.1, -0.05) is 25.1 Å². The number of carbonyl (C=O) groups is 2. The van der Waals surface area contributed by atoms with Crippen molar-refractivity contribution in [3.63, 3.8) is 0 Å². The first-order valence-corrected chi connectivity index (χ1v) is 11.4. The Labute approximate surface area is 190 Å². The molecule has 0 radical (unpaired) electrons. The SMILES string of the molecule is CCS(=O)N1C(=O)N(c2cccc(C(F)(F)F)c2)C2=C(C(=O)CC2)C1c1ccc(C#N)cc1. The summed E-state index contributed by atoms with van der Waals surface area (Å²) in [7, 11) is -1.85. The minimum Gasteiger partial charge on any atom is -0.294 e. The van der Waals surface area contributed by atoms with Crippen molar-refractivity contribution < 1.29 is 27.0 Å². The van der Waals surface area contributed by atoms with Crippen LogP contribution in [0.25, 0.3) is 0 Å². The Morgan fingerprint density at radius 2 is 1.82 bits per heavy atom. The highest BCUT2D eigenvalue weighted by Gasteiger charge is 2.48. The van der Waals surface area contributed by atoms with Gasteiger partial charge in [0.2, 0.25) is 0 Å². The standard InChI is InChI=1S/C23H18F3N3O3S/c1-2-33(32)29-21(15-8-6-14(13-27)7-9-15)20-18(10-11-19(20)30)28(22(29)31)17-5-3-4-16(12-17)23(24,25)26/h3-9,12,21H,2,10-11H2,1H3. The third-order valence-corrected chi connectivity index (χ3v) is 6.91. The number of rotatable bonds is 4. The van der Waals surface area contributed by atoms with Crippen molar-refractivity contribution in [2.24, 2.45) is 0 Å². The number of halogens is 3. The highest BCUT2D eigenvalue weighted by molar-refractivity contribution is 7.83. The fraction of sp³-hybridized carbons (Fsp3) is 0.261. The van der Waals surface area contributed by atoms with Gasteiger partial charge in [0.25, 0.3) is 0 Å². The number of allylic oxidation sites excluding steroid dienone is 1. The lowest BCUT2D eigenvalue weighted by Gasteiger charge is -2.41. The molecule has 1 aliphatic heterocycles. The predicted octanol–water partition coefficient (Wildman–Crippen LogP) is 4.86. The zero-order valence-electron chi connectivity index (χ0n) is 17.4. The molecule has 0 aromatic heterocycles. The number of amides is 2. The molecule has 0 saturated heterocycles. The van der Waals surface area contributed by atoms with Crippen molar-refractivity contribution in [2.75, 3.05) is 10.7 Å². The van der Waals surface area contributed by atoms with E-state index >= 15 is 0 Å². The van der Waals surface area contributed by atoms with E-state index in [1.54, 1.807) is 19.1 Å². The van der Waals surface area contributed by atoms with Gasteiger partial charge in [-0.25, -0.2) is 13.3 Å². The molecule has 0 saturated carbocycles. The number of hydrogen-bond acceptors (Lipinski definition) is 4. The molecule has 10 heteroatoms. The van der Waals surface area contributed by atoms with Gasteiger partial charge in [0.05, 0.1) is 22.9 Å². The molecule has 6 nitrogen and oxygen atoms in total. The summed E-state index contributed by atoms with van der Waals surface area (Å²) in [5, 5.41) is 9.08. The van der Waals surface area contributed by atoms with Crippen LogP contribution in [-0.4, -0.2) is 26.1 Å². The van der Waals surface area contributed by atoms with Gasteiger partial charge in [-0.15, -0.1) is 0 Å². The van der Waals surface area contributed by atoms with E-state index in [4.69, 9.17) is 5.26 Å². The van der Waals surface area contributed by atoms with Crippen LogP contribution in [0.15, 0.2) is 59.8 Å². The summed E-state index contributed by atoms with van der Waals surface area (Å²) in [5.41, 5.74) is 0.434. The van der Waals surface area contributed by atoms with Crippen LogP contribution in [0, 0.1) is 11.3 Å². The van der Waals surface area contributed by atoms with E-state index in [-0.39, 0.29) is 35.6 Å². The normalized spacial score (nSPS) is 19.5. The summed E-state index contributed by atoms with van der Waals surface area (Å²) < 4.78 is 54.0. The second kappa shape index (κ2) is 8.48. The fourth-order valence-corrected chi connectivity index (χ4v) is 5.12. The lowest BCUT2D eigenvalue weighted by Crippen LogP contribution is -2.51. The van der Waals surface area contributed by atoms with Gasteiger partial charge in [0, 0.05) is 23.4 Å². The van der Waals surface area contributed by atoms with Gasteiger partial charge in [-0.2, -0.15) is 18.4 Å². The zero-order chi connectivity index (χ0) is 23.9. The number of anilines is 1. The zero-order valence-corrected chi connectivity index (χ0v) is 18.2. The molecule has 33 heavy (non-hydrogen) atoms. The second-order valence-electron chi connectivity index (χ2n) is 7.52. The maximum atomic E-state index is 13.6. The smallest absolute Gasteiger partial charge is 0.294 e. The Hall–Kier alpha value is -3.45. The highest BCUT2D eigenvalue weighted by atomic mass is 32.2. The number of ketones is 1. The first-order valence-electron chi connectivity index (χ1n) is 10.1. The number of hydrogen-bond donors (Lipinski definition) is 0. The molecule has 1 heterocycles. The Morgan fingerprint density at radius 1 is 1.12 bits per heavy atom. The Morgan fingerprint density at radius 3 is 2.42 bits per heavy atom. The van der Waals surface area contributed by atoms with Gasteiger partial charge in [0.1, 0.15) is 17.0 Å². The minimum atomic E-state index is -4.62. The first kappa shape index (κ1) is 22.7. The van der Waals surface area contributed by atoms with Gasteiger partial charge in [-0.05, 0) is 42.3 Å². The van der Waals surface area contributed by atoms with Crippen LogP contribution in [0.1, 0.15) is 42.5 Å². The van der Waals surface area contributed by atoms with Crippen molar-refractivity contribution in [1.82, 2.24) is 4.31 Å². The summed E-state index contributed by atoms with van der Waals surface area (Å²) in [6, 6.07) is 10.8.